The van der Waals surface area contributed by atoms with Gasteiger partial charge in [0, 0.05) is 18.2 Å². The minimum Gasteiger partial charge on any atom is -0.366 e. The molecule has 0 fully saturated rings. The van der Waals surface area contributed by atoms with Crippen LogP contribution >= 0.6 is 11.6 Å². The first-order valence-electron chi connectivity index (χ1n) is 7.10. The van der Waals surface area contributed by atoms with Crippen molar-refractivity contribution in [2.45, 2.75) is 13.5 Å². The molecule has 0 spiro atoms. The van der Waals surface area contributed by atoms with Crippen LogP contribution in [0.1, 0.15) is 11.1 Å². The summed E-state index contributed by atoms with van der Waals surface area (Å²) in [6, 6.07) is 20.2. The van der Waals surface area contributed by atoms with Crippen molar-refractivity contribution >= 4 is 17.4 Å². The molecule has 0 radical (unpaired) electrons. The zero-order chi connectivity index (χ0) is 15.4. The van der Waals surface area contributed by atoms with Crippen molar-refractivity contribution in [3.8, 4) is 11.3 Å². The van der Waals surface area contributed by atoms with Gasteiger partial charge in [0.1, 0.15) is 5.82 Å². The van der Waals surface area contributed by atoms with E-state index >= 15 is 0 Å². The summed E-state index contributed by atoms with van der Waals surface area (Å²) in [6.45, 7) is 2.77. The van der Waals surface area contributed by atoms with Crippen LogP contribution in [0.2, 0.25) is 5.28 Å². The molecule has 0 amide bonds. The molecule has 2 aromatic carbocycles. The third-order valence-corrected chi connectivity index (χ3v) is 3.53. The Morgan fingerprint density at radius 1 is 0.955 bits per heavy atom. The fourth-order valence-electron chi connectivity index (χ4n) is 2.16. The molecule has 0 unspecified atom stereocenters. The van der Waals surface area contributed by atoms with Crippen molar-refractivity contribution in [1.29, 1.82) is 0 Å². The van der Waals surface area contributed by atoms with Gasteiger partial charge in [-0.1, -0.05) is 60.2 Å². The van der Waals surface area contributed by atoms with Gasteiger partial charge in [0.15, 0.2) is 0 Å². The maximum Gasteiger partial charge on any atom is 0.224 e. The van der Waals surface area contributed by atoms with Gasteiger partial charge in [-0.25, -0.2) is 9.97 Å². The summed E-state index contributed by atoms with van der Waals surface area (Å²) in [4.78, 5) is 8.52. The number of aryl methyl sites for hydroxylation is 1. The molecule has 3 nitrogen and oxygen atoms in total. The van der Waals surface area contributed by atoms with Crippen LogP contribution in [-0.4, -0.2) is 9.97 Å². The number of nitrogens with one attached hydrogen (secondary N) is 1. The SMILES string of the molecule is Cc1ccc(CNc2cc(-c3ccccc3)nc(Cl)n2)cc1. The van der Waals surface area contributed by atoms with E-state index in [4.69, 9.17) is 11.6 Å². The van der Waals surface area contributed by atoms with Crippen LogP contribution in [-0.2, 0) is 6.54 Å². The number of aromatic nitrogens is 2. The molecule has 1 heterocycles. The van der Waals surface area contributed by atoms with E-state index in [-0.39, 0.29) is 5.28 Å². The van der Waals surface area contributed by atoms with Crippen molar-refractivity contribution in [2.24, 2.45) is 0 Å². The standard InChI is InChI=1S/C18H16ClN3/c1-13-7-9-14(10-8-13)12-20-17-11-16(21-18(19)22-17)15-5-3-2-4-6-15/h2-11H,12H2,1H3,(H,20,21,22). The third kappa shape index (κ3) is 3.62. The second kappa shape index (κ2) is 6.58. The predicted molar refractivity (Wildman–Crippen MR) is 91.0 cm³/mol. The fraction of sp³-hybridized carbons (Fsp3) is 0.111. The summed E-state index contributed by atoms with van der Waals surface area (Å²) >= 11 is 6.04. The van der Waals surface area contributed by atoms with Crippen molar-refractivity contribution in [3.05, 3.63) is 77.1 Å². The van der Waals surface area contributed by atoms with Crippen molar-refractivity contribution in [3.63, 3.8) is 0 Å². The maximum atomic E-state index is 6.04. The fourth-order valence-corrected chi connectivity index (χ4v) is 2.35. The monoisotopic (exact) mass is 309 g/mol. The van der Waals surface area contributed by atoms with E-state index in [2.05, 4.69) is 46.5 Å². The Kier molecular flexibility index (Phi) is 4.35. The molecule has 1 N–H and O–H groups in total. The van der Waals surface area contributed by atoms with Crippen molar-refractivity contribution in [2.75, 3.05) is 5.32 Å². The Morgan fingerprint density at radius 3 is 2.41 bits per heavy atom. The normalized spacial score (nSPS) is 10.5. The average Bonchev–Trinajstić information content (AvgIpc) is 2.55. The number of hydrogen-bond donors (Lipinski definition) is 1. The molecule has 1 aromatic heterocycles. The van der Waals surface area contributed by atoms with Gasteiger partial charge in [0.25, 0.3) is 0 Å². The summed E-state index contributed by atoms with van der Waals surface area (Å²) in [6.07, 6.45) is 0. The molecule has 0 atom stereocenters. The number of anilines is 1. The lowest BCUT2D eigenvalue weighted by molar-refractivity contribution is 1.08. The highest BCUT2D eigenvalue weighted by Crippen LogP contribution is 2.21. The molecule has 0 aliphatic rings. The molecule has 110 valence electrons. The number of benzene rings is 2. The maximum absolute atomic E-state index is 6.04. The third-order valence-electron chi connectivity index (χ3n) is 3.36. The molecular formula is C18H16ClN3. The van der Waals surface area contributed by atoms with E-state index in [1.54, 1.807) is 0 Å². The highest BCUT2D eigenvalue weighted by atomic mass is 35.5. The molecule has 4 heteroatoms. The summed E-state index contributed by atoms with van der Waals surface area (Å²) in [5.74, 6) is 0.722. The van der Waals surface area contributed by atoms with E-state index in [0.717, 1.165) is 17.1 Å². The summed E-state index contributed by atoms with van der Waals surface area (Å²) in [5.41, 5.74) is 4.28. The lowest BCUT2D eigenvalue weighted by atomic mass is 10.1. The van der Waals surface area contributed by atoms with Gasteiger partial charge in [-0.15, -0.1) is 0 Å². The van der Waals surface area contributed by atoms with Crippen LogP contribution in [0.4, 0.5) is 5.82 Å². The van der Waals surface area contributed by atoms with E-state index in [9.17, 15) is 0 Å². The Balaban J connectivity index is 1.79. The number of hydrogen-bond acceptors (Lipinski definition) is 3. The van der Waals surface area contributed by atoms with E-state index in [1.165, 1.54) is 11.1 Å². The summed E-state index contributed by atoms with van der Waals surface area (Å²) in [5, 5.41) is 3.54. The largest absolute Gasteiger partial charge is 0.366 e. The minimum atomic E-state index is 0.243. The Bertz CT molecular complexity index is 755. The minimum absolute atomic E-state index is 0.243. The Hall–Kier alpha value is -2.39. The van der Waals surface area contributed by atoms with Gasteiger partial charge in [-0.05, 0) is 24.1 Å². The lowest BCUT2D eigenvalue weighted by Gasteiger charge is -2.08. The van der Waals surface area contributed by atoms with E-state index < -0.39 is 0 Å². The summed E-state index contributed by atoms with van der Waals surface area (Å²) < 4.78 is 0. The van der Waals surface area contributed by atoms with Gasteiger partial charge in [0.2, 0.25) is 5.28 Å². The molecule has 0 aliphatic carbocycles. The van der Waals surface area contributed by atoms with Gasteiger partial charge in [-0.3, -0.25) is 0 Å². The predicted octanol–water partition coefficient (Wildman–Crippen LogP) is 4.72. The molecule has 3 aromatic rings. The summed E-state index contributed by atoms with van der Waals surface area (Å²) in [7, 11) is 0. The van der Waals surface area contributed by atoms with Crippen molar-refractivity contribution < 1.29 is 0 Å². The van der Waals surface area contributed by atoms with E-state index in [0.29, 0.717) is 6.54 Å². The molecule has 0 aliphatic heterocycles. The molecule has 0 bridgehead atoms. The van der Waals surface area contributed by atoms with Gasteiger partial charge < -0.3 is 5.32 Å². The van der Waals surface area contributed by atoms with Gasteiger partial charge in [-0.2, -0.15) is 0 Å². The quantitative estimate of drug-likeness (QED) is 0.709. The second-order valence-corrected chi connectivity index (χ2v) is 5.45. The molecule has 0 saturated carbocycles. The second-order valence-electron chi connectivity index (χ2n) is 5.11. The van der Waals surface area contributed by atoms with Crippen LogP contribution in [0.15, 0.2) is 60.7 Å². The van der Waals surface area contributed by atoms with Crippen LogP contribution in [0.3, 0.4) is 0 Å². The van der Waals surface area contributed by atoms with Crippen LogP contribution < -0.4 is 5.32 Å². The first-order chi connectivity index (χ1) is 10.7. The smallest absolute Gasteiger partial charge is 0.224 e. The number of nitrogens with zero attached hydrogens (tertiary/aromatic N) is 2. The zero-order valence-corrected chi connectivity index (χ0v) is 13.0. The molecule has 0 saturated heterocycles. The first kappa shape index (κ1) is 14.5. The highest BCUT2D eigenvalue weighted by Gasteiger charge is 2.05. The molecule has 3 rings (SSSR count). The molecule has 22 heavy (non-hydrogen) atoms. The van der Waals surface area contributed by atoms with Crippen LogP contribution in [0.5, 0.6) is 0 Å². The first-order valence-corrected chi connectivity index (χ1v) is 7.48. The Morgan fingerprint density at radius 2 is 1.68 bits per heavy atom. The van der Waals surface area contributed by atoms with Crippen LogP contribution in [0, 0.1) is 6.92 Å². The topological polar surface area (TPSA) is 37.8 Å². The molecular weight excluding hydrogens is 294 g/mol. The van der Waals surface area contributed by atoms with Gasteiger partial charge >= 0.3 is 0 Å². The zero-order valence-electron chi connectivity index (χ0n) is 12.3. The average molecular weight is 310 g/mol. The number of rotatable bonds is 4. The van der Waals surface area contributed by atoms with E-state index in [1.807, 2.05) is 36.4 Å². The Labute approximate surface area is 135 Å². The van der Waals surface area contributed by atoms with Gasteiger partial charge in [0.05, 0.1) is 5.69 Å². The highest BCUT2D eigenvalue weighted by molar-refractivity contribution is 6.28. The van der Waals surface area contributed by atoms with Crippen LogP contribution in [0.25, 0.3) is 11.3 Å². The number of halogens is 1. The lowest BCUT2D eigenvalue weighted by Crippen LogP contribution is -2.02. The van der Waals surface area contributed by atoms with Crippen molar-refractivity contribution in [1.82, 2.24) is 9.97 Å².